The second-order valence-electron chi connectivity index (χ2n) is 19.0. The molecule has 2 aliphatic carbocycles. The second-order valence-corrected chi connectivity index (χ2v) is 19.0. The highest BCUT2D eigenvalue weighted by Crippen LogP contribution is 2.53. The molecule has 2 heterocycles. The smallest absolute Gasteiger partial charge is 0.407 e. The van der Waals surface area contributed by atoms with Crippen LogP contribution < -0.4 is 21.7 Å². The van der Waals surface area contributed by atoms with Crippen LogP contribution in [0.15, 0.2) is 122 Å². The molecule has 0 radical (unpaired) electrons. The van der Waals surface area contributed by atoms with Gasteiger partial charge in [-0.25, -0.2) is 14.8 Å². The van der Waals surface area contributed by atoms with E-state index in [0.29, 0.717) is 24.5 Å². The van der Waals surface area contributed by atoms with E-state index in [1.807, 2.05) is 99.8 Å². The molecule has 3 amide bonds. The molecule has 0 spiro atoms. The zero-order valence-corrected chi connectivity index (χ0v) is 36.4. The quantitative estimate of drug-likeness (QED) is 0.0714. The van der Waals surface area contributed by atoms with Crippen LogP contribution in [0.1, 0.15) is 101 Å². The maximum atomic E-state index is 14.1. The summed E-state index contributed by atoms with van der Waals surface area (Å²) in [4.78, 5) is 56.5. The van der Waals surface area contributed by atoms with Gasteiger partial charge in [-0.15, -0.1) is 0 Å². The average Bonchev–Trinajstić information content (AvgIpc) is 3.98. The first kappa shape index (κ1) is 42.2. The van der Waals surface area contributed by atoms with Gasteiger partial charge in [-0.05, 0) is 57.1 Å². The highest BCUT2D eigenvalue weighted by molar-refractivity contribution is 5.95. The van der Waals surface area contributed by atoms with Crippen molar-refractivity contribution in [3.63, 3.8) is 0 Å². The van der Waals surface area contributed by atoms with Gasteiger partial charge < -0.3 is 36.4 Å². The lowest BCUT2D eigenvalue weighted by molar-refractivity contribution is -0.126. The fourth-order valence-electron chi connectivity index (χ4n) is 8.52. The Balaban J connectivity index is 0.936. The maximum Gasteiger partial charge on any atom is 0.407 e. The van der Waals surface area contributed by atoms with Gasteiger partial charge in [-0.1, -0.05) is 151 Å². The number of hydrogen-bond donors (Lipinski definition) is 6. The molecule has 0 bridgehead atoms. The normalized spacial score (nSPS) is 21.6. The number of benzene rings is 4. The Labute approximate surface area is 362 Å². The number of carbonyl (C=O) groups is 3. The van der Waals surface area contributed by atoms with Crippen LogP contribution in [0.2, 0.25) is 0 Å². The minimum atomic E-state index is -1.13. The molecule has 7 N–H and O–H groups in total. The lowest BCUT2D eigenvalue weighted by atomic mass is 9.85. The maximum absolute atomic E-state index is 14.1. The molecular weight excluding hydrogens is 777 g/mol. The first-order valence-electron chi connectivity index (χ1n) is 21.2. The van der Waals surface area contributed by atoms with Gasteiger partial charge in [-0.2, -0.15) is 0 Å². The summed E-state index contributed by atoms with van der Waals surface area (Å²) in [5, 5.41) is 9.29. The predicted molar refractivity (Wildman–Crippen MR) is 241 cm³/mol. The first-order valence-corrected chi connectivity index (χ1v) is 21.2. The summed E-state index contributed by atoms with van der Waals surface area (Å²) < 4.78 is 4.91. The van der Waals surface area contributed by atoms with Crippen LogP contribution >= 0.6 is 0 Å². The van der Waals surface area contributed by atoms with Crippen molar-refractivity contribution in [1.82, 2.24) is 35.9 Å². The summed E-state index contributed by atoms with van der Waals surface area (Å²) >= 11 is 0. The number of H-pyrrole nitrogens is 2. The fraction of sp³-hybridized carbons (Fsp3) is 0.340. The largest absolute Gasteiger partial charge is 0.453 e. The van der Waals surface area contributed by atoms with Gasteiger partial charge in [0, 0.05) is 11.8 Å². The van der Waals surface area contributed by atoms with E-state index in [2.05, 4.69) is 83.1 Å². The summed E-state index contributed by atoms with van der Waals surface area (Å²) in [7, 11) is 1.30. The average molecular weight is 833 g/mol. The van der Waals surface area contributed by atoms with E-state index in [-0.39, 0.29) is 35.1 Å². The van der Waals surface area contributed by atoms with E-state index in [1.54, 1.807) is 6.20 Å². The molecule has 0 saturated heterocycles. The number of amides is 3. The van der Waals surface area contributed by atoms with Gasteiger partial charge in [-0.3, -0.25) is 9.59 Å². The molecule has 2 fully saturated rings. The van der Waals surface area contributed by atoms with Crippen molar-refractivity contribution in [3.8, 4) is 33.6 Å². The third kappa shape index (κ3) is 8.39. The summed E-state index contributed by atoms with van der Waals surface area (Å²) in [6.07, 6.45) is 4.01. The van der Waals surface area contributed by atoms with E-state index in [1.165, 1.54) is 7.11 Å². The number of aromatic amines is 2. The van der Waals surface area contributed by atoms with Gasteiger partial charge in [0.05, 0.1) is 43.0 Å². The monoisotopic (exact) mass is 832 g/mol. The van der Waals surface area contributed by atoms with E-state index in [0.717, 1.165) is 44.8 Å². The predicted octanol–water partition coefficient (Wildman–Crippen LogP) is 8.71. The van der Waals surface area contributed by atoms with E-state index < -0.39 is 28.6 Å². The third-order valence-corrected chi connectivity index (χ3v) is 12.5. The van der Waals surface area contributed by atoms with E-state index in [9.17, 15) is 14.4 Å². The molecule has 62 heavy (non-hydrogen) atoms. The van der Waals surface area contributed by atoms with Crippen molar-refractivity contribution >= 4 is 17.9 Å². The van der Waals surface area contributed by atoms with Crippen LogP contribution in [0.25, 0.3) is 33.6 Å². The van der Waals surface area contributed by atoms with Gasteiger partial charge in [0.2, 0.25) is 11.8 Å². The molecule has 2 aliphatic rings. The molecule has 2 saturated carbocycles. The van der Waals surface area contributed by atoms with Crippen LogP contribution in [-0.2, 0) is 14.3 Å². The number of hydrogen-bond acceptors (Lipinski definition) is 7. The SMILES string of the molecule is COC(=O)N[C@]1(C(=O)N[C@H](c2ncc(-c3ccc(-c4ccc(-c5cnc([C@@H](NC(=O)[C@@]6(N)C[C@@H]6c6ccccc6)C(C)(C)C)[nH]5)cc4)cc3)[nH]2)C(C)(C)C)C[C@@H]1c1ccccc1. The molecular formula is C50H56N8O4. The van der Waals surface area contributed by atoms with Gasteiger partial charge in [0.15, 0.2) is 0 Å². The molecule has 0 aliphatic heterocycles. The minimum absolute atomic E-state index is 0.00811. The van der Waals surface area contributed by atoms with Gasteiger partial charge in [0.1, 0.15) is 22.7 Å². The Morgan fingerprint density at radius 2 is 1.05 bits per heavy atom. The fourth-order valence-corrected chi connectivity index (χ4v) is 8.52. The Morgan fingerprint density at radius 3 is 1.48 bits per heavy atom. The highest BCUT2D eigenvalue weighted by Gasteiger charge is 2.63. The van der Waals surface area contributed by atoms with Crippen LogP contribution in [0.4, 0.5) is 4.79 Å². The molecule has 12 nitrogen and oxygen atoms in total. The summed E-state index contributed by atoms with van der Waals surface area (Å²) in [6, 6.07) is 35.4. The van der Waals surface area contributed by atoms with Crippen LogP contribution in [0.3, 0.4) is 0 Å². The number of aromatic nitrogens is 4. The van der Waals surface area contributed by atoms with Crippen molar-refractivity contribution in [2.75, 3.05) is 7.11 Å². The summed E-state index contributed by atoms with van der Waals surface area (Å²) in [5.41, 5.74) is 11.6. The van der Waals surface area contributed by atoms with E-state index >= 15 is 0 Å². The van der Waals surface area contributed by atoms with Crippen molar-refractivity contribution in [2.24, 2.45) is 16.6 Å². The Morgan fingerprint density at radius 1 is 0.629 bits per heavy atom. The molecule has 320 valence electrons. The molecule has 2 aromatic heterocycles. The molecule has 12 heteroatoms. The Hall–Kier alpha value is -6.53. The number of rotatable bonds is 12. The number of methoxy groups -OCH3 is 1. The Kier molecular flexibility index (Phi) is 10.9. The number of imidazole rings is 2. The van der Waals surface area contributed by atoms with Crippen LogP contribution in [0, 0.1) is 10.8 Å². The number of nitrogens with one attached hydrogen (secondary N) is 5. The zero-order valence-electron chi connectivity index (χ0n) is 36.4. The van der Waals surface area contributed by atoms with Crippen molar-refractivity contribution < 1.29 is 19.1 Å². The van der Waals surface area contributed by atoms with E-state index in [4.69, 9.17) is 20.4 Å². The topological polar surface area (TPSA) is 180 Å². The molecule has 6 aromatic rings. The lowest BCUT2D eigenvalue weighted by Crippen LogP contribution is -2.52. The summed E-state index contributed by atoms with van der Waals surface area (Å²) in [6.45, 7) is 12.4. The van der Waals surface area contributed by atoms with Crippen LogP contribution in [0.5, 0.6) is 0 Å². The number of alkyl carbamates (subject to hydrolysis) is 1. The van der Waals surface area contributed by atoms with Gasteiger partial charge in [0.25, 0.3) is 0 Å². The first-order chi connectivity index (χ1) is 29.5. The molecule has 0 unspecified atom stereocenters. The van der Waals surface area contributed by atoms with Crippen molar-refractivity contribution in [3.05, 3.63) is 144 Å². The zero-order chi connectivity index (χ0) is 44.0. The van der Waals surface area contributed by atoms with Crippen LogP contribution in [-0.4, -0.2) is 56.0 Å². The lowest BCUT2D eigenvalue weighted by Gasteiger charge is -2.32. The summed E-state index contributed by atoms with van der Waals surface area (Å²) in [5.74, 6) is 0.653. The number of ether oxygens (including phenoxy) is 1. The standard InChI is InChI=1S/C50H56N8O4/c1-47(2,3)40(56-44(59)49(51)26-36(49)32-14-10-8-11-15-32)42-52-28-38(54-42)34-22-18-30(19-23-34)31-20-24-35(25-21-31)39-29-53-43(55-39)41(48(4,5)6)57-45(60)50(58-46(61)62-7)27-37(50)33-16-12-9-13-17-33/h8-25,28-29,36-37,40-41H,26-27,51H2,1-7H3,(H,52,54)(H,53,55)(H,56,59)(H,57,60)(H,58,61)/t36-,37-,40-,41-,49-,50-/m1/s1. The molecule has 8 rings (SSSR count). The van der Waals surface area contributed by atoms with Crippen molar-refractivity contribution in [2.45, 2.75) is 89.4 Å². The number of nitrogens with two attached hydrogens (primary N) is 1. The second kappa shape index (κ2) is 16.1. The van der Waals surface area contributed by atoms with Crippen molar-refractivity contribution in [1.29, 1.82) is 0 Å². The highest BCUT2D eigenvalue weighted by atomic mass is 16.5. The molecule has 6 atom stereocenters. The number of nitrogens with zero attached hydrogens (tertiary/aromatic N) is 2. The molecule has 4 aromatic carbocycles. The third-order valence-electron chi connectivity index (χ3n) is 12.5. The van der Waals surface area contributed by atoms with Gasteiger partial charge >= 0.3 is 6.09 Å². The Bertz CT molecular complexity index is 2560. The number of carbonyl (C=O) groups excluding carboxylic acids is 3. The minimum Gasteiger partial charge on any atom is -0.453 e.